The summed E-state index contributed by atoms with van der Waals surface area (Å²) >= 11 is 0. The van der Waals surface area contributed by atoms with Crippen LogP contribution in [0, 0.1) is 17.5 Å². The van der Waals surface area contributed by atoms with Crippen LogP contribution in [0.2, 0.25) is 0 Å². The summed E-state index contributed by atoms with van der Waals surface area (Å²) in [6, 6.07) is 1.02. The maximum atomic E-state index is 14.3. The van der Waals surface area contributed by atoms with Crippen LogP contribution in [0.4, 0.5) is 27.6 Å². The van der Waals surface area contributed by atoms with Crippen molar-refractivity contribution in [1.29, 1.82) is 0 Å². The molecule has 0 atom stereocenters. The zero-order valence-electron chi connectivity index (χ0n) is 16.5. The zero-order chi connectivity index (χ0) is 22.4. The summed E-state index contributed by atoms with van der Waals surface area (Å²) in [5, 5.41) is 9.98. The van der Waals surface area contributed by atoms with E-state index in [4.69, 9.17) is 0 Å². The van der Waals surface area contributed by atoms with Gasteiger partial charge in [0.25, 0.3) is 12.3 Å². The largest absolute Gasteiger partial charge is 0.319 e. The van der Waals surface area contributed by atoms with E-state index in [0.29, 0.717) is 12.1 Å². The van der Waals surface area contributed by atoms with Gasteiger partial charge in [-0.3, -0.25) is 9.48 Å². The predicted octanol–water partition coefficient (Wildman–Crippen LogP) is 4.51. The molecule has 2 heterocycles. The number of alkyl halides is 2. The Morgan fingerprint density at radius 3 is 2.27 bits per heavy atom. The molecule has 0 saturated heterocycles. The Labute approximate surface area is 168 Å². The van der Waals surface area contributed by atoms with Gasteiger partial charge in [-0.2, -0.15) is 10.2 Å². The molecule has 0 aliphatic heterocycles. The average molecular weight is 427 g/mol. The highest BCUT2D eigenvalue weighted by Crippen LogP contribution is 2.34. The van der Waals surface area contributed by atoms with Crippen LogP contribution in [0.3, 0.4) is 0 Å². The van der Waals surface area contributed by atoms with Gasteiger partial charge in [-0.15, -0.1) is 0 Å². The molecule has 0 unspecified atom stereocenters. The van der Waals surface area contributed by atoms with Crippen molar-refractivity contribution in [3.8, 4) is 5.69 Å². The third-order valence-electron chi connectivity index (χ3n) is 4.23. The van der Waals surface area contributed by atoms with Gasteiger partial charge in [0.1, 0.15) is 17.2 Å². The highest BCUT2D eigenvalue weighted by atomic mass is 19.3. The lowest BCUT2D eigenvalue weighted by molar-refractivity contribution is 0.101. The van der Waals surface area contributed by atoms with E-state index in [1.807, 2.05) is 0 Å². The number of aryl methyl sites for hydroxylation is 1. The Hall–Kier alpha value is -3.24. The first-order chi connectivity index (χ1) is 13.9. The van der Waals surface area contributed by atoms with Crippen molar-refractivity contribution in [3.63, 3.8) is 0 Å². The standard InChI is InChI=1S/C19H18F5N5O/c1-19(2,3)16-13(26-18(30)10-8-28(4)27-14(10)17(23)24)7-25-29(16)15-11(21)5-9(20)6-12(15)22/h5-8,17H,1-4H3,(H,26,30). The number of carbonyl (C=O) groups is 1. The molecule has 0 fully saturated rings. The number of amides is 1. The van der Waals surface area contributed by atoms with Crippen molar-refractivity contribution in [2.75, 3.05) is 5.32 Å². The summed E-state index contributed by atoms with van der Waals surface area (Å²) in [5.74, 6) is -4.36. The highest BCUT2D eigenvalue weighted by Gasteiger charge is 2.30. The number of carbonyl (C=O) groups excluding carboxylic acids is 1. The second-order valence-corrected chi connectivity index (χ2v) is 7.64. The lowest BCUT2D eigenvalue weighted by atomic mass is 9.90. The lowest BCUT2D eigenvalue weighted by Gasteiger charge is -2.23. The normalized spacial score (nSPS) is 11.9. The predicted molar refractivity (Wildman–Crippen MR) is 98.3 cm³/mol. The summed E-state index contributed by atoms with van der Waals surface area (Å²) in [6.45, 7) is 5.10. The molecule has 3 aromatic rings. The summed E-state index contributed by atoms with van der Waals surface area (Å²) in [4.78, 5) is 12.6. The first-order valence-electron chi connectivity index (χ1n) is 8.76. The van der Waals surface area contributed by atoms with Gasteiger partial charge in [-0.1, -0.05) is 20.8 Å². The molecular formula is C19H18F5N5O. The molecule has 0 bridgehead atoms. The quantitative estimate of drug-likeness (QED) is 0.623. The molecule has 11 heteroatoms. The molecule has 1 aromatic carbocycles. The fourth-order valence-electron chi connectivity index (χ4n) is 3.10. The van der Waals surface area contributed by atoms with E-state index in [2.05, 4.69) is 15.5 Å². The molecule has 1 N–H and O–H groups in total. The van der Waals surface area contributed by atoms with Crippen LogP contribution in [-0.2, 0) is 12.5 Å². The molecule has 0 aliphatic carbocycles. The number of rotatable bonds is 4. The number of anilines is 1. The second-order valence-electron chi connectivity index (χ2n) is 7.64. The van der Waals surface area contributed by atoms with Crippen molar-refractivity contribution >= 4 is 11.6 Å². The van der Waals surface area contributed by atoms with E-state index in [1.54, 1.807) is 20.8 Å². The molecular weight excluding hydrogens is 409 g/mol. The fraction of sp³-hybridized carbons (Fsp3) is 0.316. The Morgan fingerprint density at radius 1 is 1.13 bits per heavy atom. The molecule has 6 nitrogen and oxygen atoms in total. The van der Waals surface area contributed by atoms with Crippen molar-refractivity contribution in [3.05, 3.63) is 58.9 Å². The van der Waals surface area contributed by atoms with E-state index in [9.17, 15) is 26.7 Å². The zero-order valence-corrected chi connectivity index (χ0v) is 16.5. The molecule has 3 rings (SSSR count). The van der Waals surface area contributed by atoms with E-state index in [-0.39, 0.29) is 16.9 Å². The van der Waals surface area contributed by atoms with E-state index >= 15 is 0 Å². The van der Waals surface area contributed by atoms with Gasteiger partial charge in [0, 0.05) is 30.8 Å². The van der Waals surface area contributed by atoms with Gasteiger partial charge in [-0.05, 0) is 0 Å². The first-order valence-corrected chi connectivity index (χ1v) is 8.76. The molecule has 0 saturated carbocycles. The summed E-state index contributed by atoms with van der Waals surface area (Å²) in [5.41, 5.74) is -2.24. The Kier molecular flexibility index (Phi) is 5.40. The minimum absolute atomic E-state index is 0.0553. The van der Waals surface area contributed by atoms with Gasteiger partial charge >= 0.3 is 0 Å². The van der Waals surface area contributed by atoms with Crippen LogP contribution in [0.1, 0.15) is 48.9 Å². The number of nitrogens with zero attached hydrogens (tertiary/aromatic N) is 4. The van der Waals surface area contributed by atoms with E-state index < -0.39 is 46.6 Å². The fourth-order valence-corrected chi connectivity index (χ4v) is 3.10. The highest BCUT2D eigenvalue weighted by molar-refractivity contribution is 6.05. The number of halogens is 5. The summed E-state index contributed by atoms with van der Waals surface area (Å²) in [7, 11) is 1.39. The minimum atomic E-state index is -2.97. The van der Waals surface area contributed by atoms with Gasteiger partial charge in [0.15, 0.2) is 11.6 Å². The monoisotopic (exact) mass is 427 g/mol. The van der Waals surface area contributed by atoms with Crippen molar-refractivity contribution < 1.29 is 26.7 Å². The summed E-state index contributed by atoms with van der Waals surface area (Å²) in [6.07, 6.45) is -0.699. The molecule has 30 heavy (non-hydrogen) atoms. The Bertz CT molecular complexity index is 1090. The third-order valence-corrected chi connectivity index (χ3v) is 4.23. The molecule has 0 aliphatic rings. The van der Waals surface area contributed by atoms with Gasteiger partial charge in [-0.25, -0.2) is 26.6 Å². The van der Waals surface area contributed by atoms with Crippen LogP contribution >= 0.6 is 0 Å². The molecule has 0 spiro atoms. The van der Waals surface area contributed by atoms with E-state index in [1.165, 1.54) is 7.05 Å². The second kappa shape index (κ2) is 7.54. The smallest absolute Gasteiger partial charge is 0.282 e. The van der Waals surface area contributed by atoms with Crippen LogP contribution in [0.5, 0.6) is 0 Å². The number of nitrogens with one attached hydrogen (secondary N) is 1. The van der Waals surface area contributed by atoms with Crippen molar-refractivity contribution in [2.24, 2.45) is 7.05 Å². The van der Waals surface area contributed by atoms with Crippen LogP contribution in [0.25, 0.3) is 5.69 Å². The Balaban J connectivity index is 2.09. The van der Waals surface area contributed by atoms with Crippen LogP contribution in [-0.4, -0.2) is 25.5 Å². The third kappa shape index (κ3) is 3.91. The number of aromatic nitrogens is 4. The molecule has 1 amide bonds. The molecule has 0 radical (unpaired) electrons. The number of benzene rings is 1. The molecule has 2 aromatic heterocycles. The van der Waals surface area contributed by atoms with Crippen LogP contribution in [0.15, 0.2) is 24.5 Å². The Morgan fingerprint density at radius 2 is 1.73 bits per heavy atom. The topological polar surface area (TPSA) is 64.7 Å². The SMILES string of the molecule is Cn1cc(C(=O)Nc2cnn(-c3c(F)cc(F)cc3F)c2C(C)(C)C)c(C(F)F)n1. The van der Waals surface area contributed by atoms with Crippen molar-refractivity contribution in [2.45, 2.75) is 32.6 Å². The average Bonchev–Trinajstić information content (AvgIpc) is 3.17. The van der Waals surface area contributed by atoms with Gasteiger partial charge in [0.05, 0.1) is 23.1 Å². The van der Waals surface area contributed by atoms with Gasteiger partial charge in [0.2, 0.25) is 0 Å². The van der Waals surface area contributed by atoms with Gasteiger partial charge < -0.3 is 5.32 Å². The summed E-state index contributed by atoms with van der Waals surface area (Å²) < 4.78 is 70.3. The number of hydrogen-bond donors (Lipinski definition) is 1. The first kappa shape index (κ1) is 21.5. The maximum absolute atomic E-state index is 14.3. The van der Waals surface area contributed by atoms with E-state index in [0.717, 1.165) is 21.8 Å². The van der Waals surface area contributed by atoms with Crippen LogP contribution < -0.4 is 5.32 Å². The number of hydrogen-bond acceptors (Lipinski definition) is 3. The molecule has 160 valence electrons. The maximum Gasteiger partial charge on any atom is 0.282 e. The lowest BCUT2D eigenvalue weighted by Crippen LogP contribution is -2.22. The van der Waals surface area contributed by atoms with Crippen molar-refractivity contribution in [1.82, 2.24) is 19.6 Å². The minimum Gasteiger partial charge on any atom is -0.319 e.